The summed E-state index contributed by atoms with van der Waals surface area (Å²) in [4.78, 5) is 0. The van der Waals surface area contributed by atoms with E-state index in [1.807, 2.05) is 13.0 Å². The first-order valence-electron chi connectivity index (χ1n) is 7.06. The van der Waals surface area contributed by atoms with Gasteiger partial charge in [-0.25, -0.2) is 8.42 Å². The van der Waals surface area contributed by atoms with Crippen LogP contribution in [-0.4, -0.2) is 21.3 Å². The molecule has 2 aromatic carbocycles. The monoisotopic (exact) mass is 354 g/mol. The molecular weight excluding hydrogens is 336 g/mol. The minimum atomic E-state index is -3.27. The van der Waals surface area contributed by atoms with Crippen molar-refractivity contribution in [2.45, 2.75) is 13.8 Å². The molecule has 5 nitrogen and oxygen atoms in total. The summed E-state index contributed by atoms with van der Waals surface area (Å²) in [6.07, 6.45) is 0. The van der Waals surface area contributed by atoms with E-state index >= 15 is 0 Å². The van der Waals surface area contributed by atoms with Crippen LogP contribution >= 0.6 is 11.6 Å². The van der Waals surface area contributed by atoms with E-state index in [2.05, 4.69) is 10.0 Å². The molecule has 0 aromatic heterocycles. The quantitative estimate of drug-likeness (QED) is 0.817. The average molecular weight is 355 g/mol. The molecule has 0 aliphatic heterocycles. The van der Waals surface area contributed by atoms with Crippen molar-refractivity contribution in [2.75, 3.05) is 22.9 Å². The number of hydrogen-bond acceptors (Lipinski definition) is 4. The molecule has 2 rings (SSSR count). The van der Waals surface area contributed by atoms with Gasteiger partial charge in [-0.2, -0.15) is 0 Å². The second-order valence-corrected chi connectivity index (χ2v) is 7.43. The molecule has 124 valence electrons. The van der Waals surface area contributed by atoms with Gasteiger partial charge in [-0.15, -0.1) is 0 Å². The first kappa shape index (κ1) is 17.4. The lowest BCUT2D eigenvalue weighted by molar-refractivity contribution is 0.417. The Morgan fingerprint density at radius 2 is 1.74 bits per heavy atom. The fourth-order valence-corrected chi connectivity index (χ4v) is 2.75. The Labute approximate surface area is 141 Å². The summed E-state index contributed by atoms with van der Waals surface area (Å²) in [5.41, 5.74) is 3.06. The highest BCUT2D eigenvalue weighted by Gasteiger charge is 2.09. The van der Waals surface area contributed by atoms with Crippen LogP contribution in [0.4, 0.5) is 17.1 Å². The SMILES string of the molecule is CCS(=O)(=O)Nc1ccc(Nc2cc(C)c(Cl)cc2OC)cc1. The summed E-state index contributed by atoms with van der Waals surface area (Å²) in [5.74, 6) is 0.671. The molecule has 7 heteroatoms. The smallest absolute Gasteiger partial charge is 0.232 e. The molecule has 0 unspecified atom stereocenters. The maximum Gasteiger partial charge on any atom is 0.232 e. The third-order valence-electron chi connectivity index (χ3n) is 3.30. The fraction of sp³-hybridized carbons (Fsp3) is 0.250. The largest absolute Gasteiger partial charge is 0.495 e. The third kappa shape index (κ3) is 4.53. The lowest BCUT2D eigenvalue weighted by Gasteiger charge is -2.14. The predicted octanol–water partition coefficient (Wildman–Crippen LogP) is 4.16. The van der Waals surface area contributed by atoms with Gasteiger partial charge in [-0.1, -0.05) is 11.6 Å². The van der Waals surface area contributed by atoms with Crippen molar-refractivity contribution < 1.29 is 13.2 Å². The number of sulfonamides is 1. The first-order chi connectivity index (χ1) is 10.8. The van der Waals surface area contributed by atoms with Crippen molar-refractivity contribution in [1.82, 2.24) is 0 Å². The van der Waals surface area contributed by atoms with E-state index in [1.165, 1.54) is 0 Å². The highest BCUT2D eigenvalue weighted by Crippen LogP contribution is 2.33. The molecule has 0 heterocycles. The lowest BCUT2D eigenvalue weighted by atomic mass is 10.2. The molecule has 0 aliphatic rings. The maximum absolute atomic E-state index is 11.5. The molecular formula is C16H19ClN2O3S. The van der Waals surface area contributed by atoms with E-state index in [9.17, 15) is 8.42 Å². The Bertz CT molecular complexity index is 790. The number of hydrogen-bond donors (Lipinski definition) is 2. The van der Waals surface area contributed by atoms with Gasteiger partial charge in [0.2, 0.25) is 10.0 Å². The van der Waals surface area contributed by atoms with Gasteiger partial charge >= 0.3 is 0 Å². The second kappa shape index (κ2) is 7.10. The Morgan fingerprint density at radius 1 is 1.13 bits per heavy atom. The van der Waals surface area contributed by atoms with Crippen LogP contribution in [0.5, 0.6) is 5.75 Å². The number of aryl methyl sites for hydroxylation is 1. The number of rotatable bonds is 6. The van der Waals surface area contributed by atoms with Gasteiger partial charge in [0.1, 0.15) is 5.75 Å². The van der Waals surface area contributed by atoms with Crippen LogP contribution in [0.1, 0.15) is 12.5 Å². The summed E-state index contributed by atoms with van der Waals surface area (Å²) in [7, 11) is -1.69. The number of methoxy groups -OCH3 is 1. The average Bonchev–Trinajstić information content (AvgIpc) is 2.52. The minimum Gasteiger partial charge on any atom is -0.495 e. The van der Waals surface area contributed by atoms with Crippen molar-refractivity contribution in [2.24, 2.45) is 0 Å². The van der Waals surface area contributed by atoms with Crippen LogP contribution in [0.3, 0.4) is 0 Å². The molecule has 2 aromatic rings. The molecule has 0 bridgehead atoms. The molecule has 0 saturated heterocycles. The summed E-state index contributed by atoms with van der Waals surface area (Å²) in [6, 6.07) is 10.6. The maximum atomic E-state index is 11.5. The normalized spacial score (nSPS) is 11.1. The summed E-state index contributed by atoms with van der Waals surface area (Å²) >= 11 is 6.09. The lowest BCUT2D eigenvalue weighted by Crippen LogP contribution is -2.14. The minimum absolute atomic E-state index is 0.0360. The van der Waals surface area contributed by atoms with Gasteiger partial charge < -0.3 is 10.1 Å². The van der Waals surface area contributed by atoms with Crippen molar-refractivity contribution in [3.8, 4) is 5.75 Å². The van der Waals surface area contributed by atoms with Crippen LogP contribution in [0, 0.1) is 6.92 Å². The summed E-state index contributed by atoms with van der Waals surface area (Å²) in [6.45, 7) is 3.50. The number of nitrogens with one attached hydrogen (secondary N) is 2. The molecule has 0 aliphatic carbocycles. The van der Waals surface area contributed by atoms with Gasteiger partial charge in [0.15, 0.2) is 0 Å². The second-order valence-electron chi connectivity index (χ2n) is 5.01. The van der Waals surface area contributed by atoms with Crippen molar-refractivity contribution >= 4 is 38.7 Å². The van der Waals surface area contributed by atoms with E-state index < -0.39 is 10.0 Å². The molecule has 0 atom stereocenters. The predicted molar refractivity (Wildman–Crippen MR) is 95.5 cm³/mol. The van der Waals surface area contributed by atoms with Gasteiger partial charge in [0.25, 0.3) is 0 Å². The molecule has 0 amide bonds. The Kier molecular flexibility index (Phi) is 5.38. The molecule has 0 radical (unpaired) electrons. The van der Waals surface area contributed by atoms with Crippen LogP contribution in [-0.2, 0) is 10.0 Å². The zero-order valence-corrected chi connectivity index (χ0v) is 14.8. The van der Waals surface area contributed by atoms with E-state index in [-0.39, 0.29) is 5.75 Å². The fourth-order valence-electron chi connectivity index (χ4n) is 1.96. The van der Waals surface area contributed by atoms with Crippen LogP contribution in [0.15, 0.2) is 36.4 Å². The van der Waals surface area contributed by atoms with Crippen molar-refractivity contribution in [1.29, 1.82) is 0 Å². The number of halogens is 1. The molecule has 2 N–H and O–H groups in total. The summed E-state index contributed by atoms with van der Waals surface area (Å²) < 4.78 is 30.9. The van der Waals surface area contributed by atoms with Gasteiger partial charge in [-0.3, -0.25) is 4.72 Å². The Hall–Kier alpha value is -1.92. The number of benzene rings is 2. The number of anilines is 3. The van der Waals surface area contributed by atoms with E-state index in [4.69, 9.17) is 16.3 Å². The highest BCUT2D eigenvalue weighted by molar-refractivity contribution is 7.92. The van der Waals surface area contributed by atoms with E-state index in [0.717, 1.165) is 16.9 Å². The zero-order chi connectivity index (χ0) is 17.0. The number of ether oxygens (including phenoxy) is 1. The molecule has 0 spiro atoms. The van der Waals surface area contributed by atoms with Crippen LogP contribution < -0.4 is 14.8 Å². The van der Waals surface area contributed by atoms with E-state index in [1.54, 1.807) is 44.4 Å². The van der Waals surface area contributed by atoms with Gasteiger partial charge in [-0.05, 0) is 49.7 Å². The standard InChI is InChI=1S/C16H19ClN2O3S/c1-4-23(20,21)19-13-7-5-12(6-8-13)18-15-9-11(2)14(17)10-16(15)22-3/h5-10,18-19H,4H2,1-3H3. The molecule has 0 saturated carbocycles. The highest BCUT2D eigenvalue weighted by atomic mass is 35.5. The van der Waals surface area contributed by atoms with Crippen LogP contribution in [0.25, 0.3) is 0 Å². The molecule has 23 heavy (non-hydrogen) atoms. The zero-order valence-electron chi connectivity index (χ0n) is 13.2. The van der Waals surface area contributed by atoms with Gasteiger partial charge in [0.05, 0.1) is 18.6 Å². The van der Waals surface area contributed by atoms with E-state index in [0.29, 0.717) is 16.5 Å². The first-order valence-corrected chi connectivity index (χ1v) is 9.09. The Morgan fingerprint density at radius 3 is 2.30 bits per heavy atom. The van der Waals surface area contributed by atoms with Gasteiger partial charge in [0, 0.05) is 22.5 Å². The van der Waals surface area contributed by atoms with Crippen LogP contribution in [0.2, 0.25) is 5.02 Å². The van der Waals surface area contributed by atoms with Crippen molar-refractivity contribution in [3.05, 3.63) is 47.0 Å². The third-order valence-corrected chi connectivity index (χ3v) is 5.01. The topological polar surface area (TPSA) is 67.4 Å². The Balaban J connectivity index is 2.20. The summed E-state index contributed by atoms with van der Waals surface area (Å²) in [5, 5.41) is 3.87. The van der Waals surface area contributed by atoms with Crippen molar-refractivity contribution in [3.63, 3.8) is 0 Å². The molecule has 0 fully saturated rings.